The number of hydrogen-bond donors (Lipinski definition) is 1. The fourth-order valence-electron chi connectivity index (χ4n) is 4.39. The second-order valence-electron chi connectivity index (χ2n) is 10.9. The molecule has 2 aromatic carbocycles. The number of methoxy groups -OCH3 is 1. The summed E-state index contributed by atoms with van der Waals surface area (Å²) in [5.74, 6) is 1.09. The molecule has 0 aliphatic heterocycles. The number of sulfonamides is 1. The topological polar surface area (TPSA) is 99.0 Å². The first-order valence-corrected chi connectivity index (χ1v) is 14.2. The van der Waals surface area contributed by atoms with Crippen LogP contribution in [0.25, 0.3) is 11.1 Å². The van der Waals surface area contributed by atoms with Crippen molar-refractivity contribution in [2.75, 3.05) is 11.8 Å². The molecule has 4 rings (SSSR count). The Kier molecular flexibility index (Phi) is 8.06. The van der Waals surface area contributed by atoms with Crippen LogP contribution in [0.2, 0.25) is 0 Å². The second kappa shape index (κ2) is 11.1. The Hall–Kier alpha value is -3.79. The van der Waals surface area contributed by atoms with Gasteiger partial charge in [0, 0.05) is 28.9 Å². The summed E-state index contributed by atoms with van der Waals surface area (Å²) in [6, 6.07) is 9.98. The molecule has 0 atom stereocenters. The molecule has 0 aliphatic carbocycles. The van der Waals surface area contributed by atoms with Gasteiger partial charge in [0.25, 0.3) is 10.0 Å². The largest absolute Gasteiger partial charge is 0.494 e. The van der Waals surface area contributed by atoms with Crippen molar-refractivity contribution in [1.29, 1.82) is 0 Å². The zero-order valence-corrected chi connectivity index (χ0v) is 23.9. The number of aromatic nitrogens is 4. The molecular weight excluding hydrogens is 517 g/mol. The summed E-state index contributed by atoms with van der Waals surface area (Å²) in [7, 11) is -2.62. The standard InChI is InChI=1S/C29H34FN5O3S/c1-19(2)13-20-7-10-26(39(36,37)34-28-32-16-23(38-6)17-33-28)24(14-20)21-8-9-22(25(30)15-21)18-35-12-11-31-27(35)29(3,4)5/h7-12,14-17,19H,13,18H2,1-6H3,(H,32,33,34). The Morgan fingerprint density at radius 2 is 1.77 bits per heavy atom. The molecule has 0 saturated carbocycles. The molecule has 10 heteroatoms. The number of halogens is 1. The van der Waals surface area contributed by atoms with Crippen molar-refractivity contribution in [3.63, 3.8) is 0 Å². The van der Waals surface area contributed by atoms with E-state index < -0.39 is 15.8 Å². The first kappa shape index (κ1) is 28.2. The van der Waals surface area contributed by atoms with Crippen LogP contribution in [0.15, 0.2) is 66.1 Å². The van der Waals surface area contributed by atoms with E-state index in [0.717, 1.165) is 17.8 Å². The Labute approximate surface area is 229 Å². The highest BCUT2D eigenvalue weighted by Crippen LogP contribution is 2.32. The van der Waals surface area contributed by atoms with E-state index in [9.17, 15) is 8.42 Å². The first-order chi connectivity index (χ1) is 18.4. The maximum absolute atomic E-state index is 15.5. The van der Waals surface area contributed by atoms with Gasteiger partial charge in [0.15, 0.2) is 5.75 Å². The van der Waals surface area contributed by atoms with E-state index >= 15 is 4.39 Å². The van der Waals surface area contributed by atoms with Crippen LogP contribution in [0.5, 0.6) is 5.75 Å². The zero-order chi connectivity index (χ0) is 28.4. The maximum atomic E-state index is 15.5. The third-order valence-electron chi connectivity index (χ3n) is 6.16. The molecule has 2 heterocycles. The maximum Gasteiger partial charge on any atom is 0.264 e. The number of anilines is 1. The van der Waals surface area contributed by atoms with E-state index in [-0.39, 0.29) is 16.3 Å². The van der Waals surface area contributed by atoms with Gasteiger partial charge >= 0.3 is 0 Å². The molecule has 206 valence electrons. The van der Waals surface area contributed by atoms with Crippen LogP contribution >= 0.6 is 0 Å². The van der Waals surface area contributed by atoms with Crippen molar-refractivity contribution in [3.05, 3.63) is 84.0 Å². The molecule has 0 aliphatic rings. The molecule has 0 amide bonds. The molecule has 0 saturated heterocycles. The molecular formula is C29H34FN5O3S. The van der Waals surface area contributed by atoms with Gasteiger partial charge in [-0.3, -0.25) is 0 Å². The average molecular weight is 552 g/mol. The van der Waals surface area contributed by atoms with Gasteiger partial charge in [-0.15, -0.1) is 0 Å². The predicted octanol–water partition coefficient (Wildman–Crippen LogP) is 5.83. The fraction of sp³-hybridized carbons (Fsp3) is 0.345. The minimum absolute atomic E-state index is 0.00574. The van der Waals surface area contributed by atoms with Gasteiger partial charge in [-0.1, -0.05) is 52.8 Å². The van der Waals surface area contributed by atoms with Crippen LogP contribution in [0.3, 0.4) is 0 Å². The molecule has 0 radical (unpaired) electrons. The number of rotatable bonds is 9. The lowest BCUT2D eigenvalue weighted by atomic mass is 9.95. The SMILES string of the molecule is COc1cnc(NS(=O)(=O)c2ccc(CC(C)C)cc2-c2ccc(Cn3ccnc3C(C)(C)C)c(F)c2)nc1. The Morgan fingerprint density at radius 1 is 1.05 bits per heavy atom. The number of hydrogen-bond acceptors (Lipinski definition) is 6. The quantitative estimate of drug-likeness (QED) is 0.281. The Balaban J connectivity index is 1.73. The summed E-state index contributed by atoms with van der Waals surface area (Å²) >= 11 is 0. The third-order valence-corrected chi connectivity index (χ3v) is 7.54. The first-order valence-electron chi connectivity index (χ1n) is 12.7. The third kappa shape index (κ3) is 6.62. The van der Waals surface area contributed by atoms with Crippen LogP contribution in [-0.2, 0) is 28.4 Å². The van der Waals surface area contributed by atoms with Crippen molar-refractivity contribution >= 4 is 16.0 Å². The number of nitrogens with zero attached hydrogens (tertiary/aromatic N) is 4. The summed E-state index contributed by atoms with van der Waals surface area (Å²) in [6.07, 6.45) is 7.04. The minimum atomic E-state index is -4.09. The zero-order valence-electron chi connectivity index (χ0n) is 23.1. The van der Waals surface area contributed by atoms with E-state index in [1.807, 2.05) is 16.8 Å². The average Bonchev–Trinajstić information content (AvgIpc) is 3.34. The van der Waals surface area contributed by atoms with E-state index in [2.05, 4.69) is 54.3 Å². The van der Waals surface area contributed by atoms with Crippen molar-refractivity contribution in [3.8, 4) is 16.9 Å². The molecule has 1 N–H and O–H groups in total. The van der Waals surface area contributed by atoms with Crippen LogP contribution in [0.4, 0.5) is 10.3 Å². The monoisotopic (exact) mass is 551 g/mol. The number of benzene rings is 2. The molecule has 2 aromatic heterocycles. The van der Waals surface area contributed by atoms with Gasteiger partial charge in [-0.25, -0.2) is 32.5 Å². The van der Waals surface area contributed by atoms with Gasteiger partial charge in [-0.05, 0) is 41.7 Å². The second-order valence-corrected chi connectivity index (χ2v) is 12.6. The van der Waals surface area contributed by atoms with E-state index in [1.165, 1.54) is 25.6 Å². The molecule has 0 fully saturated rings. The molecule has 0 bridgehead atoms. The molecule has 4 aromatic rings. The molecule has 39 heavy (non-hydrogen) atoms. The predicted molar refractivity (Wildman–Crippen MR) is 150 cm³/mol. The van der Waals surface area contributed by atoms with Crippen molar-refractivity contribution < 1.29 is 17.5 Å². The van der Waals surface area contributed by atoms with Crippen molar-refractivity contribution in [2.24, 2.45) is 5.92 Å². The highest BCUT2D eigenvalue weighted by Gasteiger charge is 2.23. The van der Waals surface area contributed by atoms with Gasteiger partial charge in [0.1, 0.15) is 11.6 Å². The van der Waals surface area contributed by atoms with Gasteiger partial charge in [-0.2, -0.15) is 0 Å². The number of nitrogens with one attached hydrogen (secondary N) is 1. The normalized spacial score (nSPS) is 12.1. The van der Waals surface area contributed by atoms with E-state index in [4.69, 9.17) is 4.74 Å². The van der Waals surface area contributed by atoms with Gasteiger partial charge in [0.2, 0.25) is 5.95 Å². The Morgan fingerprint density at radius 3 is 2.38 bits per heavy atom. The van der Waals surface area contributed by atoms with Gasteiger partial charge < -0.3 is 9.30 Å². The Bertz CT molecular complexity index is 1560. The smallest absolute Gasteiger partial charge is 0.264 e. The van der Waals surface area contributed by atoms with Crippen LogP contribution < -0.4 is 9.46 Å². The minimum Gasteiger partial charge on any atom is -0.494 e. The van der Waals surface area contributed by atoms with E-state index in [0.29, 0.717) is 34.9 Å². The van der Waals surface area contributed by atoms with Crippen LogP contribution in [0.1, 0.15) is 51.6 Å². The number of ether oxygens (including phenoxy) is 1. The summed E-state index contributed by atoms with van der Waals surface area (Å²) in [5, 5.41) is 0. The van der Waals surface area contributed by atoms with Gasteiger partial charge in [0.05, 0.1) is 30.9 Å². The summed E-state index contributed by atoms with van der Waals surface area (Å²) in [4.78, 5) is 12.5. The van der Waals surface area contributed by atoms with E-state index in [1.54, 1.807) is 30.5 Å². The molecule has 8 nitrogen and oxygen atoms in total. The van der Waals surface area contributed by atoms with Crippen molar-refractivity contribution in [1.82, 2.24) is 19.5 Å². The summed E-state index contributed by atoms with van der Waals surface area (Å²) < 4.78 is 51.8. The summed E-state index contributed by atoms with van der Waals surface area (Å²) in [5.41, 5.74) is 2.10. The lowest BCUT2D eigenvalue weighted by Gasteiger charge is -2.20. The molecule has 0 spiro atoms. The van der Waals surface area contributed by atoms with Crippen molar-refractivity contribution in [2.45, 2.75) is 57.9 Å². The summed E-state index contributed by atoms with van der Waals surface area (Å²) in [6.45, 7) is 10.7. The highest BCUT2D eigenvalue weighted by atomic mass is 32.2. The van der Waals surface area contributed by atoms with Crippen LogP contribution in [0, 0.1) is 11.7 Å². The highest BCUT2D eigenvalue weighted by molar-refractivity contribution is 7.92. The fourth-order valence-corrected chi connectivity index (χ4v) is 5.56. The molecule has 0 unspecified atom stereocenters. The van der Waals surface area contributed by atoms with Crippen LogP contribution in [-0.4, -0.2) is 35.0 Å². The lowest BCUT2D eigenvalue weighted by Crippen LogP contribution is -2.19. The lowest BCUT2D eigenvalue weighted by molar-refractivity contribution is 0.411. The number of imidazole rings is 1.